The number of aliphatic hydroxyl groups excluding tert-OH is 1. The van der Waals surface area contributed by atoms with Crippen LogP contribution in [-0.4, -0.2) is 24.1 Å². The maximum atomic E-state index is 9.12. The molecule has 0 spiro atoms. The molecule has 0 aromatic heterocycles. The maximum absolute atomic E-state index is 9.12. The van der Waals surface area contributed by atoms with Crippen LogP contribution in [0.25, 0.3) is 11.1 Å². The lowest BCUT2D eigenvalue weighted by atomic mass is 10.0. The van der Waals surface area contributed by atoms with Crippen molar-refractivity contribution in [2.75, 3.05) is 23.9 Å². The van der Waals surface area contributed by atoms with Gasteiger partial charge in [0.05, 0.1) is 18.2 Å². The Kier molecular flexibility index (Phi) is 3.49. The van der Waals surface area contributed by atoms with Gasteiger partial charge in [0.25, 0.3) is 0 Å². The normalized spacial score (nSPS) is 13.7. The Hall–Kier alpha value is -1.45. The fourth-order valence-corrected chi connectivity index (χ4v) is 3.40. The molecule has 1 N–H and O–H groups in total. The van der Waals surface area contributed by atoms with E-state index in [-0.39, 0.29) is 6.61 Å². The molecule has 0 atom stereocenters. The van der Waals surface area contributed by atoms with Crippen molar-refractivity contribution in [2.24, 2.45) is 0 Å². The zero-order valence-corrected chi connectivity index (χ0v) is 11.8. The lowest BCUT2D eigenvalue weighted by Crippen LogP contribution is -2.22. The highest BCUT2D eigenvalue weighted by molar-refractivity contribution is 7.99. The maximum Gasteiger partial charge on any atom is 0.0687 e. The van der Waals surface area contributed by atoms with Crippen LogP contribution in [-0.2, 0) is 0 Å². The van der Waals surface area contributed by atoms with Gasteiger partial charge in [-0.2, -0.15) is 0 Å². The van der Waals surface area contributed by atoms with Crippen LogP contribution in [0.5, 0.6) is 0 Å². The molecule has 2 nitrogen and oxygen atoms in total. The number of rotatable bonds is 3. The molecule has 2 aromatic carbocycles. The number of hydrogen-bond acceptors (Lipinski definition) is 3. The first-order valence-corrected chi connectivity index (χ1v) is 7.46. The molecule has 0 unspecified atom stereocenters. The molecule has 2 aromatic rings. The summed E-state index contributed by atoms with van der Waals surface area (Å²) in [4.78, 5) is 3.54. The van der Waals surface area contributed by atoms with Gasteiger partial charge in [-0.25, -0.2) is 0 Å². The highest BCUT2D eigenvalue weighted by atomic mass is 32.2. The predicted molar refractivity (Wildman–Crippen MR) is 81.8 cm³/mol. The van der Waals surface area contributed by atoms with E-state index in [1.165, 1.54) is 27.3 Å². The summed E-state index contributed by atoms with van der Waals surface area (Å²) in [5.74, 6) is 0.938. The number of nitrogens with zero attached hydrogens (tertiary/aromatic N) is 1. The molecular weight excluding hydrogens is 254 g/mol. The Morgan fingerprint density at radius 2 is 1.84 bits per heavy atom. The molecule has 0 radical (unpaired) electrons. The zero-order chi connectivity index (χ0) is 13.2. The van der Waals surface area contributed by atoms with Gasteiger partial charge in [-0.05, 0) is 30.2 Å². The molecule has 0 saturated carbocycles. The van der Waals surface area contributed by atoms with Crippen molar-refractivity contribution in [1.82, 2.24) is 0 Å². The Labute approximate surface area is 118 Å². The standard InChI is InChI=1S/C16H17NOS/c1-12-2-4-13(5-3-12)14-6-7-16-15(10-14)17(8-9-18)11-19-16/h2-7,10,18H,8-9,11H2,1H3. The number of anilines is 1. The van der Waals surface area contributed by atoms with Crippen molar-refractivity contribution in [1.29, 1.82) is 0 Å². The average Bonchev–Trinajstić information content (AvgIpc) is 2.83. The van der Waals surface area contributed by atoms with Gasteiger partial charge < -0.3 is 10.0 Å². The van der Waals surface area contributed by atoms with Crippen LogP contribution >= 0.6 is 11.8 Å². The predicted octanol–water partition coefficient (Wildman–Crippen LogP) is 3.52. The van der Waals surface area contributed by atoms with Gasteiger partial charge >= 0.3 is 0 Å². The van der Waals surface area contributed by atoms with Gasteiger partial charge in [0, 0.05) is 11.4 Å². The molecule has 0 aliphatic carbocycles. The number of hydrogen-bond donors (Lipinski definition) is 1. The minimum atomic E-state index is 0.203. The molecule has 3 rings (SSSR count). The van der Waals surface area contributed by atoms with E-state index in [9.17, 15) is 0 Å². The first kappa shape index (κ1) is 12.6. The highest BCUT2D eigenvalue weighted by Crippen LogP contribution is 2.40. The number of aliphatic hydroxyl groups is 1. The van der Waals surface area contributed by atoms with E-state index in [1.54, 1.807) is 0 Å². The lowest BCUT2D eigenvalue weighted by molar-refractivity contribution is 0.304. The van der Waals surface area contributed by atoms with E-state index in [2.05, 4.69) is 54.3 Å². The van der Waals surface area contributed by atoms with Crippen LogP contribution in [0.4, 0.5) is 5.69 Å². The SMILES string of the molecule is Cc1ccc(-c2ccc3c(c2)N(CCO)CS3)cc1. The van der Waals surface area contributed by atoms with Crippen LogP contribution in [0.2, 0.25) is 0 Å². The van der Waals surface area contributed by atoms with Crippen molar-refractivity contribution < 1.29 is 5.11 Å². The Morgan fingerprint density at radius 1 is 1.11 bits per heavy atom. The van der Waals surface area contributed by atoms with Crippen molar-refractivity contribution in [2.45, 2.75) is 11.8 Å². The van der Waals surface area contributed by atoms with Gasteiger partial charge in [0.2, 0.25) is 0 Å². The van der Waals surface area contributed by atoms with E-state index in [0.29, 0.717) is 6.54 Å². The summed E-state index contributed by atoms with van der Waals surface area (Å²) in [6, 6.07) is 15.2. The third kappa shape index (κ3) is 2.48. The molecule has 3 heteroatoms. The van der Waals surface area contributed by atoms with Crippen LogP contribution in [0.1, 0.15) is 5.56 Å². The molecule has 0 fully saturated rings. The number of thioether (sulfide) groups is 1. The molecule has 19 heavy (non-hydrogen) atoms. The van der Waals surface area contributed by atoms with Crippen molar-refractivity contribution >= 4 is 17.4 Å². The fraction of sp³-hybridized carbons (Fsp3) is 0.250. The molecular formula is C16H17NOS. The lowest BCUT2D eigenvalue weighted by Gasteiger charge is -2.17. The topological polar surface area (TPSA) is 23.5 Å². The van der Waals surface area contributed by atoms with E-state index in [1.807, 2.05) is 11.8 Å². The van der Waals surface area contributed by atoms with Crippen molar-refractivity contribution in [3.05, 3.63) is 48.0 Å². The van der Waals surface area contributed by atoms with Crippen LogP contribution in [0, 0.1) is 6.92 Å². The zero-order valence-electron chi connectivity index (χ0n) is 11.0. The second kappa shape index (κ2) is 5.27. The van der Waals surface area contributed by atoms with Gasteiger partial charge in [-0.15, -0.1) is 11.8 Å². The molecule has 0 saturated heterocycles. The summed E-state index contributed by atoms with van der Waals surface area (Å²) < 4.78 is 0. The third-order valence-electron chi connectivity index (χ3n) is 3.43. The summed E-state index contributed by atoms with van der Waals surface area (Å²) in [5, 5.41) is 9.12. The summed E-state index contributed by atoms with van der Waals surface area (Å²) in [6.07, 6.45) is 0. The minimum absolute atomic E-state index is 0.203. The second-order valence-corrected chi connectivity index (χ2v) is 5.80. The average molecular weight is 271 g/mol. The number of aryl methyl sites for hydroxylation is 1. The minimum Gasteiger partial charge on any atom is -0.395 e. The summed E-state index contributed by atoms with van der Waals surface area (Å²) >= 11 is 1.84. The van der Waals surface area contributed by atoms with Crippen LogP contribution in [0.3, 0.4) is 0 Å². The largest absolute Gasteiger partial charge is 0.395 e. The summed E-state index contributed by atoms with van der Waals surface area (Å²) in [7, 11) is 0. The number of β-amino-alcohol motifs (C(OH)–C–C–N with tert-alkyl or cyclic N) is 1. The number of benzene rings is 2. The Balaban J connectivity index is 1.96. The van der Waals surface area contributed by atoms with E-state index in [0.717, 1.165) is 5.88 Å². The summed E-state index contributed by atoms with van der Waals surface area (Å²) in [5.41, 5.74) is 5.01. The Morgan fingerprint density at radius 3 is 2.58 bits per heavy atom. The molecule has 98 valence electrons. The first-order valence-electron chi connectivity index (χ1n) is 6.47. The van der Waals surface area contributed by atoms with E-state index < -0.39 is 0 Å². The quantitative estimate of drug-likeness (QED) is 0.924. The Bertz CT molecular complexity index is 578. The monoisotopic (exact) mass is 271 g/mol. The summed E-state index contributed by atoms with van der Waals surface area (Å²) in [6.45, 7) is 3.01. The van der Waals surface area contributed by atoms with Gasteiger partial charge in [0.15, 0.2) is 0 Å². The molecule has 0 bridgehead atoms. The van der Waals surface area contributed by atoms with E-state index in [4.69, 9.17) is 5.11 Å². The van der Waals surface area contributed by atoms with Crippen molar-refractivity contribution in [3.63, 3.8) is 0 Å². The first-order chi connectivity index (χ1) is 9.28. The number of fused-ring (bicyclic) bond motifs is 1. The third-order valence-corrected chi connectivity index (χ3v) is 4.53. The molecule has 0 amide bonds. The molecule has 1 aliphatic rings. The molecule has 1 heterocycles. The van der Waals surface area contributed by atoms with Crippen LogP contribution in [0.15, 0.2) is 47.4 Å². The van der Waals surface area contributed by atoms with Crippen molar-refractivity contribution in [3.8, 4) is 11.1 Å². The van der Waals surface area contributed by atoms with E-state index >= 15 is 0 Å². The van der Waals surface area contributed by atoms with Gasteiger partial charge in [0.1, 0.15) is 0 Å². The van der Waals surface area contributed by atoms with Crippen LogP contribution < -0.4 is 4.90 Å². The van der Waals surface area contributed by atoms with Gasteiger partial charge in [-0.3, -0.25) is 0 Å². The fourth-order valence-electron chi connectivity index (χ4n) is 2.33. The highest BCUT2D eigenvalue weighted by Gasteiger charge is 2.19. The van der Waals surface area contributed by atoms with Gasteiger partial charge in [-0.1, -0.05) is 35.9 Å². The smallest absolute Gasteiger partial charge is 0.0687 e. The molecule has 1 aliphatic heterocycles. The second-order valence-electron chi connectivity index (χ2n) is 4.81.